The monoisotopic (exact) mass is 476 g/mol. The van der Waals surface area contributed by atoms with E-state index in [1.54, 1.807) is 30.9 Å². The smallest absolute Gasteiger partial charge is 0.323 e. The highest BCUT2D eigenvalue weighted by Crippen LogP contribution is 2.34. The predicted molar refractivity (Wildman–Crippen MR) is 123 cm³/mol. The van der Waals surface area contributed by atoms with Gasteiger partial charge in [0.2, 0.25) is 15.9 Å². The Morgan fingerprint density at radius 1 is 1.09 bits per heavy atom. The number of sulfonamides is 1. The van der Waals surface area contributed by atoms with Crippen molar-refractivity contribution in [1.29, 1.82) is 0 Å². The molecule has 0 radical (unpaired) electrons. The van der Waals surface area contributed by atoms with Crippen molar-refractivity contribution in [3.63, 3.8) is 0 Å². The third kappa shape index (κ3) is 4.14. The van der Waals surface area contributed by atoms with Crippen LogP contribution in [0.5, 0.6) is 0 Å². The number of fused-ring (bicyclic) bond motifs is 1. The van der Waals surface area contributed by atoms with Gasteiger partial charge in [-0.05, 0) is 49.4 Å². The summed E-state index contributed by atoms with van der Waals surface area (Å²) in [5.74, 6) is -0.648. The van der Waals surface area contributed by atoms with Gasteiger partial charge in [-0.25, -0.2) is 13.2 Å². The van der Waals surface area contributed by atoms with Gasteiger partial charge >= 0.3 is 6.03 Å². The van der Waals surface area contributed by atoms with Crippen molar-refractivity contribution in [1.82, 2.24) is 14.5 Å². The lowest BCUT2D eigenvalue weighted by molar-refractivity contribution is -0.135. The SMILES string of the molecule is CCN(CC)S(=O)(=O)c1ccc2c(c1)CCCN2C(=O)CN1C(=O)NC2(CCCCC2)C1=O. The Morgan fingerprint density at radius 2 is 1.79 bits per heavy atom. The third-order valence-corrected chi connectivity index (χ3v) is 9.11. The zero-order valence-corrected chi connectivity index (χ0v) is 20.1. The summed E-state index contributed by atoms with van der Waals surface area (Å²) in [5, 5.41) is 2.84. The van der Waals surface area contributed by atoms with Crippen molar-refractivity contribution >= 4 is 33.6 Å². The van der Waals surface area contributed by atoms with Crippen LogP contribution in [-0.2, 0) is 26.0 Å². The van der Waals surface area contributed by atoms with Crippen molar-refractivity contribution < 1.29 is 22.8 Å². The van der Waals surface area contributed by atoms with Crippen LogP contribution in [0.15, 0.2) is 23.1 Å². The van der Waals surface area contributed by atoms with Gasteiger partial charge in [0.25, 0.3) is 5.91 Å². The number of carbonyl (C=O) groups is 3. The van der Waals surface area contributed by atoms with Crippen molar-refractivity contribution in [2.75, 3.05) is 31.1 Å². The molecule has 0 unspecified atom stereocenters. The van der Waals surface area contributed by atoms with Crippen LogP contribution in [-0.4, -0.2) is 67.2 Å². The summed E-state index contributed by atoms with van der Waals surface area (Å²) in [6.07, 6.45) is 5.36. The molecule has 2 heterocycles. The minimum Gasteiger partial charge on any atom is -0.323 e. The molecular formula is C23H32N4O5S. The van der Waals surface area contributed by atoms with Gasteiger partial charge in [0.05, 0.1) is 4.90 Å². The lowest BCUT2D eigenvalue weighted by Crippen LogP contribution is -2.49. The molecule has 1 aromatic carbocycles. The maximum absolute atomic E-state index is 13.2. The third-order valence-electron chi connectivity index (χ3n) is 7.06. The van der Waals surface area contributed by atoms with Crippen LogP contribution in [0.25, 0.3) is 0 Å². The molecule has 3 aliphatic rings. The van der Waals surface area contributed by atoms with E-state index in [2.05, 4.69) is 5.32 Å². The summed E-state index contributed by atoms with van der Waals surface area (Å²) in [6.45, 7) is 4.51. The molecule has 10 heteroatoms. The number of hydrogen-bond donors (Lipinski definition) is 1. The average Bonchev–Trinajstić information content (AvgIpc) is 3.03. The zero-order chi connectivity index (χ0) is 23.8. The van der Waals surface area contributed by atoms with E-state index in [4.69, 9.17) is 0 Å². The Kier molecular flexibility index (Phi) is 6.50. The molecule has 0 aromatic heterocycles. The number of rotatable bonds is 6. The van der Waals surface area contributed by atoms with Crippen LogP contribution >= 0.6 is 0 Å². The summed E-state index contributed by atoms with van der Waals surface area (Å²) < 4.78 is 27.2. The van der Waals surface area contributed by atoms with E-state index in [9.17, 15) is 22.8 Å². The largest absolute Gasteiger partial charge is 0.325 e. The van der Waals surface area contributed by atoms with Crippen molar-refractivity contribution in [2.24, 2.45) is 0 Å². The molecule has 1 aliphatic carbocycles. The predicted octanol–water partition coefficient (Wildman–Crippen LogP) is 2.25. The highest BCUT2D eigenvalue weighted by molar-refractivity contribution is 7.89. The summed E-state index contributed by atoms with van der Waals surface area (Å²) in [7, 11) is -3.60. The molecule has 180 valence electrons. The molecule has 1 spiro atoms. The molecule has 1 saturated carbocycles. The first kappa shape index (κ1) is 23.7. The van der Waals surface area contributed by atoms with Gasteiger partial charge in [-0.15, -0.1) is 0 Å². The van der Waals surface area contributed by atoms with Gasteiger partial charge in [-0.1, -0.05) is 33.1 Å². The van der Waals surface area contributed by atoms with Crippen LogP contribution in [0.1, 0.15) is 57.9 Å². The summed E-state index contributed by atoms with van der Waals surface area (Å²) in [5.41, 5.74) is 0.566. The second kappa shape index (κ2) is 9.06. The van der Waals surface area contributed by atoms with Crippen molar-refractivity contribution in [3.8, 4) is 0 Å². The lowest BCUT2D eigenvalue weighted by atomic mass is 9.82. The second-order valence-electron chi connectivity index (χ2n) is 8.99. The molecule has 2 fully saturated rings. The van der Waals surface area contributed by atoms with Crippen LogP contribution in [0.2, 0.25) is 0 Å². The van der Waals surface area contributed by atoms with E-state index >= 15 is 0 Å². The number of amides is 4. The molecule has 0 atom stereocenters. The number of anilines is 1. The van der Waals surface area contributed by atoms with Gasteiger partial charge in [0, 0.05) is 25.3 Å². The Hall–Kier alpha value is -2.46. The molecule has 9 nitrogen and oxygen atoms in total. The maximum atomic E-state index is 13.2. The van der Waals surface area contributed by atoms with E-state index in [0.717, 1.165) is 29.7 Å². The van der Waals surface area contributed by atoms with Gasteiger partial charge in [0.15, 0.2) is 0 Å². The first-order chi connectivity index (χ1) is 15.7. The fraction of sp³-hybridized carbons (Fsp3) is 0.609. The Balaban J connectivity index is 1.54. The van der Waals surface area contributed by atoms with Crippen LogP contribution in [0.4, 0.5) is 10.5 Å². The highest BCUT2D eigenvalue weighted by Gasteiger charge is 2.51. The maximum Gasteiger partial charge on any atom is 0.325 e. The summed E-state index contributed by atoms with van der Waals surface area (Å²) in [6, 6.07) is 4.33. The van der Waals surface area contributed by atoms with E-state index in [1.165, 1.54) is 10.4 Å². The van der Waals surface area contributed by atoms with Gasteiger partial charge in [-0.2, -0.15) is 4.31 Å². The number of nitrogens with one attached hydrogen (secondary N) is 1. The number of aryl methyl sites for hydroxylation is 1. The number of urea groups is 1. The number of benzene rings is 1. The van der Waals surface area contributed by atoms with Crippen LogP contribution in [0.3, 0.4) is 0 Å². The van der Waals surface area contributed by atoms with Crippen molar-refractivity contribution in [2.45, 2.75) is 69.2 Å². The Labute approximate surface area is 195 Å². The molecule has 2 aliphatic heterocycles. The fourth-order valence-electron chi connectivity index (χ4n) is 5.24. The van der Waals surface area contributed by atoms with E-state index in [-0.39, 0.29) is 23.3 Å². The topological polar surface area (TPSA) is 107 Å². The first-order valence-corrected chi connectivity index (χ1v) is 13.2. The van der Waals surface area contributed by atoms with E-state index in [0.29, 0.717) is 51.0 Å². The standard InChI is InChI=1S/C23H32N4O5S/c1-3-25(4-2)33(31,32)18-10-11-19-17(15-18)9-8-14-26(19)20(28)16-27-21(29)23(24-22(27)30)12-6-5-7-13-23/h10-11,15H,3-9,12-14,16H2,1-2H3,(H,24,30). The average molecular weight is 477 g/mol. The fourth-order valence-corrected chi connectivity index (χ4v) is 6.75. The highest BCUT2D eigenvalue weighted by atomic mass is 32.2. The first-order valence-electron chi connectivity index (χ1n) is 11.8. The number of imide groups is 1. The van der Waals surface area contributed by atoms with E-state index in [1.807, 2.05) is 0 Å². The summed E-state index contributed by atoms with van der Waals surface area (Å²) in [4.78, 5) is 41.6. The number of nitrogens with zero attached hydrogens (tertiary/aromatic N) is 3. The normalized spacial score (nSPS) is 20.3. The molecule has 1 saturated heterocycles. The van der Waals surface area contributed by atoms with Gasteiger partial charge in [-0.3, -0.25) is 14.5 Å². The molecule has 1 aromatic rings. The van der Waals surface area contributed by atoms with Crippen molar-refractivity contribution in [3.05, 3.63) is 23.8 Å². The molecule has 33 heavy (non-hydrogen) atoms. The molecule has 1 N–H and O–H groups in total. The summed E-state index contributed by atoms with van der Waals surface area (Å²) >= 11 is 0. The van der Waals surface area contributed by atoms with E-state index < -0.39 is 21.6 Å². The minimum atomic E-state index is -3.60. The van der Waals surface area contributed by atoms with Crippen LogP contribution < -0.4 is 10.2 Å². The molecule has 4 amide bonds. The molecule has 4 rings (SSSR count). The second-order valence-corrected chi connectivity index (χ2v) is 10.9. The Morgan fingerprint density at radius 3 is 2.45 bits per heavy atom. The lowest BCUT2D eigenvalue weighted by Gasteiger charge is -2.32. The minimum absolute atomic E-state index is 0.215. The zero-order valence-electron chi connectivity index (χ0n) is 19.3. The number of carbonyl (C=O) groups excluding carboxylic acids is 3. The quantitative estimate of drug-likeness (QED) is 0.634. The molecular weight excluding hydrogens is 444 g/mol. The van der Waals surface area contributed by atoms with Gasteiger partial charge in [0.1, 0.15) is 12.1 Å². The number of hydrogen-bond acceptors (Lipinski definition) is 5. The Bertz CT molecular complexity index is 1060. The van der Waals surface area contributed by atoms with Gasteiger partial charge < -0.3 is 10.2 Å². The molecule has 0 bridgehead atoms. The van der Waals surface area contributed by atoms with Crippen LogP contribution in [0, 0.1) is 0 Å².